The second-order valence-corrected chi connectivity index (χ2v) is 5.77. The highest BCUT2D eigenvalue weighted by Crippen LogP contribution is 2.29. The monoisotopic (exact) mass is 374 g/mol. The summed E-state index contributed by atoms with van der Waals surface area (Å²) in [5.74, 6) is 0. The first-order chi connectivity index (χ1) is 9.47. The summed E-state index contributed by atoms with van der Waals surface area (Å²) < 4.78 is 0.753. The molecule has 4 nitrogen and oxygen atoms in total. The normalized spacial score (nSPS) is 10.3. The molecule has 0 radical (unpaired) electrons. The molecule has 0 bridgehead atoms. The van der Waals surface area contributed by atoms with Crippen molar-refractivity contribution in [1.82, 2.24) is 0 Å². The van der Waals surface area contributed by atoms with Gasteiger partial charge in [-0.25, -0.2) is 0 Å². The highest BCUT2D eigenvalue weighted by atomic mass is 79.9. The number of nitro groups is 1. The molecule has 0 saturated carbocycles. The summed E-state index contributed by atoms with van der Waals surface area (Å²) in [5.41, 5.74) is 1.19. The number of nitrogens with zero attached hydrogens (tertiary/aromatic N) is 1. The van der Waals surface area contributed by atoms with Crippen LogP contribution in [0.25, 0.3) is 0 Å². The van der Waals surface area contributed by atoms with Gasteiger partial charge in [-0.3, -0.25) is 10.1 Å². The minimum atomic E-state index is -0.436. The van der Waals surface area contributed by atoms with Gasteiger partial charge in [0.1, 0.15) is 5.69 Å². The van der Waals surface area contributed by atoms with Crippen molar-refractivity contribution in [3.63, 3.8) is 0 Å². The molecule has 0 aromatic heterocycles. The van der Waals surface area contributed by atoms with Crippen LogP contribution in [-0.4, -0.2) is 4.92 Å². The largest absolute Gasteiger partial charge is 0.375 e. The number of nitro benzene ring substituents is 1. The van der Waals surface area contributed by atoms with Gasteiger partial charge in [-0.05, 0) is 35.9 Å². The number of hydrogen-bond donors (Lipinski definition) is 1. The predicted octanol–water partition coefficient (Wildman–Crippen LogP) is 5.28. The molecule has 2 aromatic rings. The lowest BCUT2D eigenvalue weighted by molar-refractivity contribution is -0.384. The SMILES string of the molecule is O=[N+]([O-])c1ccc(Br)cc1NCc1cc(Cl)ccc1Cl. The summed E-state index contributed by atoms with van der Waals surface area (Å²) in [4.78, 5) is 10.5. The number of hydrogen-bond acceptors (Lipinski definition) is 3. The van der Waals surface area contributed by atoms with Crippen molar-refractivity contribution in [2.75, 3.05) is 5.32 Å². The first-order valence-electron chi connectivity index (χ1n) is 5.59. The van der Waals surface area contributed by atoms with E-state index in [1.807, 2.05) is 0 Å². The lowest BCUT2D eigenvalue weighted by Crippen LogP contribution is -2.03. The molecule has 104 valence electrons. The van der Waals surface area contributed by atoms with Crippen LogP contribution < -0.4 is 5.32 Å². The summed E-state index contributed by atoms with van der Waals surface area (Å²) in [6.07, 6.45) is 0. The summed E-state index contributed by atoms with van der Waals surface area (Å²) in [7, 11) is 0. The van der Waals surface area contributed by atoms with Gasteiger partial charge in [0.2, 0.25) is 0 Å². The van der Waals surface area contributed by atoms with E-state index in [9.17, 15) is 10.1 Å². The van der Waals surface area contributed by atoms with E-state index in [0.717, 1.165) is 10.0 Å². The van der Waals surface area contributed by atoms with E-state index < -0.39 is 4.92 Å². The smallest absolute Gasteiger partial charge is 0.292 e. The van der Waals surface area contributed by atoms with Crippen LogP contribution in [0.15, 0.2) is 40.9 Å². The van der Waals surface area contributed by atoms with Crippen molar-refractivity contribution in [2.45, 2.75) is 6.54 Å². The third-order valence-electron chi connectivity index (χ3n) is 2.63. The van der Waals surface area contributed by atoms with Gasteiger partial charge in [-0.1, -0.05) is 39.1 Å². The molecular formula is C13H9BrCl2N2O2. The first kappa shape index (κ1) is 15.1. The van der Waals surface area contributed by atoms with Gasteiger partial charge in [0.05, 0.1) is 4.92 Å². The second-order valence-electron chi connectivity index (χ2n) is 4.01. The Kier molecular flexibility index (Phi) is 4.86. The van der Waals surface area contributed by atoms with Gasteiger partial charge in [0.15, 0.2) is 0 Å². The zero-order chi connectivity index (χ0) is 14.7. The van der Waals surface area contributed by atoms with Crippen molar-refractivity contribution in [1.29, 1.82) is 0 Å². The maximum absolute atomic E-state index is 11.0. The Balaban J connectivity index is 2.24. The van der Waals surface area contributed by atoms with Crippen LogP contribution in [0.3, 0.4) is 0 Å². The van der Waals surface area contributed by atoms with Crippen LogP contribution in [-0.2, 0) is 6.54 Å². The molecule has 0 saturated heterocycles. The maximum Gasteiger partial charge on any atom is 0.292 e. The molecule has 7 heteroatoms. The number of benzene rings is 2. The van der Waals surface area contributed by atoms with Crippen LogP contribution in [0.1, 0.15) is 5.56 Å². The Morgan fingerprint density at radius 1 is 1.20 bits per heavy atom. The van der Waals surface area contributed by atoms with Gasteiger partial charge in [0.25, 0.3) is 5.69 Å². The number of nitrogens with one attached hydrogen (secondary N) is 1. The Morgan fingerprint density at radius 2 is 1.95 bits per heavy atom. The minimum absolute atomic E-state index is 0.00588. The van der Waals surface area contributed by atoms with E-state index in [2.05, 4.69) is 21.2 Å². The average molecular weight is 376 g/mol. The molecular weight excluding hydrogens is 367 g/mol. The first-order valence-corrected chi connectivity index (χ1v) is 7.14. The number of rotatable bonds is 4. The van der Waals surface area contributed by atoms with Crippen LogP contribution in [0.5, 0.6) is 0 Å². The highest BCUT2D eigenvalue weighted by Gasteiger charge is 2.14. The minimum Gasteiger partial charge on any atom is -0.375 e. The fourth-order valence-electron chi connectivity index (χ4n) is 1.68. The Labute approximate surface area is 134 Å². The Hall–Kier alpha value is -1.30. The fraction of sp³-hybridized carbons (Fsp3) is 0.0769. The molecule has 0 aliphatic carbocycles. The van der Waals surface area contributed by atoms with Crippen LogP contribution in [0, 0.1) is 10.1 Å². The number of halogens is 3. The summed E-state index contributed by atoms with van der Waals surface area (Å²) in [5, 5.41) is 15.1. The Bertz CT molecular complexity index is 665. The third kappa shape index (κ3) is 3.62. The standard InChI is InChI=1S/C13H9BrCl2N2O2/c14-9-1-4-13(18(19)20)12(6-9)17-7-8-5-10(15)2-3-11(8)16/h1-6,17H,7H2. The molecule has 20 heavy (non-hydrogen) atoms. The molecule has 0 heterocycles. The molecule has 0 fully saturated rings. The van der Waals surface area contributed by atoms with Gasteiger partial charge in [-0.15, -0.1) is 0 Å². The average Bonchev–Trinajstić information content (AvgIpc) is 2.39. The van der Waals surface area contributed by atoms with Crippen molar-refractivity contribution in [2.24, 2.45) is 0 Å². The molecule has 0 aliphatic rings. The lowest BCUT2D eigenvalue weighted by atomic mass is 10.2. The molecule has 0 unspecified atom stereocenters. The van der Waals surface area contributed by atoms with E-state index in [-0.39, 0.29) is 5.69 Å². The molecule has 0 amide bonds. The summed E-state index contributed by atoms with van der Waals surface area (Å²) in [6, 6.07) is 9.81. The van der Waals surface area contributed by atoms with E-state index in [0.29, 0.717) is 22.3 Å². The zero-order valence-electron chi connectivity index (χ0n) is 10.1. The molecule has 0 aliphatic heterocycles. The Morgan fingerprint density at radius 3 is 2.65 bits per heavy atom. The quantitative estimate of drug-likeness (QED) is 0.584. The van der Waals surface area contributed by atoms with Gasteiger partial charge in [0, 0.05) is 27.1 Å². The maximum atomic E-state index is 11.0. The summed E-state index contributed by atoms with van der Waals surface area (Å²) in [6.45, 7) is 0.344. The zero-order valence-corrected chi connectivity index (χ0v) is 13.2. The second kappa shape index (κ2) is 6.43. The van der Waals surface area contributed by atoms with Crippen LogP contribution in [0.2, 0.25) is 10.0 Å². The molecule has 0 atom stereocenters. The van der Waals surface area contributed by atoms with Gasteiger partial charge < -0.3 is 5.32 Å². The predicted molar refractivity (Wildman–Crippen MR) is 84.6 cm³/mol. The van der Waals surface area contributed by atoms with Crippen molar-refractivity contribution >= 4 is 50.5 Å². The third-order valence-corrected chi connectivity index (χ3v) is 3.73. The van der Waals surface area contributed by atoms with Crippen LogP contribution >= 0.6 is 39.1 Å². The van der Waals surface area contributed by atoms with Crippen molar-refractivity contribution < 1.29 is 4.92 Å². The number of anilines is 1. The van der Waals surface area contributed by atoms with Crippen molar-refractivity contribution in [3.05, 3.63) is 66.6 Å². The van der Waals surface area contributed by atoms with Crippen LogP contribution in [0.4, 0.5) is 11.4 Å². The van der Waals surface area contributed by atoms with E-state index >= 15 is 0 Å². The summed E-state index contributed by atoms with van der Waals surface area (Å²) >= 11 is 15.2. The van der Waals surface area contributed by atoms with E-state index in [1.165, 1.54) is 6.07 Å². The van der Waals surface area contributed by atoms with Crippen molar-refractivity contribution in [3.8, 4) is 0 Å². The van der Waals surface area contributed by atoms with Gasteiger partial charge in [-0.2, -0.15) is 0 Å². The van der Waals surface area contributed by atoms with E-state index in [1.54, 1.807) is 30.3 Å². The molecule has 2 rings (SSSR count). The molecule has 0 spiro atoms. The van der Waals surface area contributed by atoms with Gasteiger partial charge >= 0.3 is 0 Å². The topological polar surface area (TPSA) is 55.2 Å². The molecule has 2 aromatic carbocycles. The lowest BCUT2D eigenvalue weighted by Gasteiger charge is -2.09. The highest BCUT2D eigenvalue weighted by molar-refractivity contribution is 9.10. The van der Waals surface area contributed by atoms with E-state index in [4.69, 9.17) is 23.2 Å². The molecule has 1 N–H and O–H groups in total. The fourth-order valence-corrected chi connectivity index (χ4v) is 2.42.